The number of nitrogens with one attached hydrogen (secondary N) is 1. The summed E-state index contributed by atoms with van der Waals surface area (Å²) in [6.45, 7) is 8.11. The summed E-state index contributed by atoms with van der Waals surface area (Å²) in [4.78, 5) is 24.1. The molecule has 0 bridgehead atoms. The van der Waals surface area contributed by atoms with E-state index in [0.717, 1.165) is 17.7 Å². The highest BCUT2D eigenvalue weighted by atomic mass is 16.6. The van der Waals surface area contributed by atoms with Crippen LogP contribution in [0.5, 0.6) is 11.5 Å². The first-order valence-electron chi connectivity index (χ1n) is 10.4. The summed E-state index contributed by atoms with van der Waals surface area (Å²) in [6, 6.07) is 14.6. The first-order valence-corrected chi connectivity index (χ1v) is 10.4. The molecule has 2 unspecified atom stereocenters. The molecule has 1 N–H and O–H groups in total. The number of hydrogen-bond donors (Lipinski definition) is 1. The van der Waals surface area contributed by atoms with Gasteiger partial charge in [0.25, 0.3) is 5.91 Å². The van der Waals surface area contributed by atoms with Gasteiger partial charge in [-0.05, 0) is 61.6 Å². The Morgan fingerprint density at radius 3 is 2.30 bits per heavy atom. The predicted molar refractivity (Wildman–Crippen MR) is 117 cm³/mol. The zero-order valence-electron chi connectivity index (χ0n) is 18.1. The van der Waals surface area contributed by atoms with E-state index >= 15 is 0 Å². The first-order chi connectivity index (χ1) is 14.5. The van der Waals surface area contributed by atoms with Gasteiger partial charge in [-0.2, -0.15) is 0 Å². The molecular formula is C24H31NO5. The van der Waals surface area contributed by atoms with Crippen molar-refractivity contribution >= 4 is 17.6 Å². The summed E-state index contributed by atoms with van der Waals surface area (Å²) in [7, 11) is 0. The van der Waals surface area contributed by atoms with Crippen LogP contribution < -0.4 is 14.8 Å². The number of esters is 1. The maximum Gasteiger partial charge on any atom is 0.347 e. The summed E-state index contributed by atoms with van der Waals surface area (Å²) >= 11 is 0. The number of benzene rings is 2. The fourth-order valence-corrected chi connectivity index (χ4v) is 2.89. The Labute approximate surface area is 178 Å². The topological polar surface area (TPSA) is 73.9 Å². The Hall–Kier alpha value is -3.02. The summed E-state index contributed by atoms with van der Waals surface area (Å²) < 4.78 is 16.4. The van der Waals surface area contributed by atoms with Crippen LogP contribution >= 0.6 is 0 Å². The van der Waals surface area contributed by atoms with Gasteiger partial charge in [-0.1, -0.05) is 39.0 Å². The second-order valence-corrected chi connectivity index (χ2v) is 6.98. The van der Waals surface area contributed by atoms with Crippen LogP contribution in [0.15, 0.2) is 48.5 Å². The van der Waals surface area contributed by atoms with Crippen LogP contribution in [0.4, 0.5) is 5.69 Å². The second kappa shape index (κ2) is 11.9. The van der Waals surface area contributed by atoms with E-state index in [1.807, 2.05) is 31.2 Å². The van der Waals surface area contributed by atoms with E-state index in [1.54, 1.807) is 31.2 Å². The molecule has 0 spiro atoms. The van der Waals surface area contributed by atoms with Gasteiger partial charge in [0, 0.05) is 5.69 Å². The number of rotatable bonds is 11. The minimum absolute atomic E-state index is 0.0769. The molecule has 0 heterocycles. The van der Waals surface area contributed by atoms with Crippen LogP contribution in [-0.4, -0.2) is 31.2 Å². The van der Waals surface area contributed by atoms with Crippen LogP contribution in [0.2, 0.25) is 0 Å². The molecule has 0 aliphatic heterocycles. The average Bonchev–Trinajstić information content (AvgIpc) is 2.77. The predicted octanol–water partition coefficient (Wildman–Crippen LogP) is 4.94. The third-order valence-corrected chi connectivity index (χ3v) is 4.76. The van der Waals surface area contributed by atoms with Gasteiger partial charge in [-0.25, -0.2) is 4.79 Å². The van der Waals surface area contributed by atoms with Crippen LogP contribution in [0.25, 0.3) is 0 Å². The van der Waals surface area contributed by atoms with Gasteiger partial charge in [0.2, 0.25) is 0 Å². The lowest BCUT2D eigenvalue weighted by atomic mass is 9.98. The molecule has 2 aromatic rings. The largest absolute Gasteiger partial charge is 0.483 e. The molecule has 0 aliphatic carbocycles. The number of para-hydroxylation sites is 1. The Morgan fingerprint density at radius 2 is 1.67 bits per heavy atom. The SMILES string of the molecule is CCOC(=O)C(CC)Oc1ccc(NC(=O)COc2ccccc2C(C)CC)cc1. The van der Waals surface area contributed by atoms with E-state index in [9.17, 15) is 9.59 Å². The van der Waals surface area contributed by atoms with Crippen molar-refractivity contribution in [2.24, 2.45) is 0 Å². The Kier molecular flexibility index (Phi) is 9.19. The Morgan fingerprint density at radius 1 is 0.967 bits per heavy atom. The van der Waals surface area contributed by atoms with Crippen molar-refractivity contribution in [1.29, 1.82) is 0 Å². The van der Waals surface area contributed by atoms with Crippen LogP contribution in [0.1, 0.15) is 52.0 Å². The molecule has 0 fully saturated rings. The highest BCUT2D eigenvalue weighted by Crippen LogP contribution is 2.28. The maximum atomic E-state index is 12.3. The quantitative estimate of drug-likeness (QED) is 0.528. The molecule has 2 aromatic carbocycles. The smallest absolute Gasteiger partial charge is 0.347 e. The van der Waals surface area contributed by atoms with E-state index in [4.69, 9.17) is 14.2 Å². The van der Waals surface area contributed by atoms with Crippen molar-refractivity contribution in [3.63, 3.8) is 0 Å². The minimum Gasteiger partial charge on any atom is -0.483 e. The van der Waals surface area contributed by atoms with E-state index in [-0.39, 0.29) is 18.5 Å². The van der Waals surface area contributed by atoms with Gasteiger partial charge in [0.1, 0.15) is 11.5 Å². The molecule has 30 heavy (non-hydrogen) atoms. The Balaban J connectivity index is 1.90. The van der Waals surface area contributed by atoms with Crippen molar-refractivity contribution in [3.8, 4) is 11.5 Å². The van der Waals surface area contributed by atoms with Crippen molar-refractivity contribution in [2.75, 3.05) is 18.5 Å². The number of hydrogen-bond acceptors (Lipinski definition) is 5. The van der Waals surface area contributed by atoms with Crippen molar-refractivity contribution in [2.45, 2.75) is 52.6 Å². The van der Waals surface area contributed by atoms with Gasteiger partial charge in [0.05, 0.1) is 6.61 Å². The van der Waals surface area contributed by atoms with E-state index < -0.39 is 6.10 Å². The lowest BCUT2D eigenvalue weighted by molar-refractivity contribution is -0.151. The average molecular weight is 414 g/mol. The highest BCUT2D eigenvalue weighted by molar-refractivity contribution is 5.91. The van der Waals surface area contributed by atoms with Gasteiger partial charge in [-0.3, -0.25) is 4.79 Å². The molecule has 0 saturated heterocycles. The van der Waals surface area contributed by atoms with E-state index in [0.29, 0.717) is 30.4 Å². The zero-order valence-corrected chi connectivity index (χ0v) is 18.1. The van der Waals surface area contributed by atoms with Crippen LogP contribution in [-0.2, 0) is 14.3 Å². The molecule has 2 atom stereocenters. The number of carbonyl (C=O) groups excluding carboxylic acids is 2. The standard InChI is InChI=1S/C24H31NO5/c1-5-17(4)20-10-8-9-11-22(20)29-16-23(26)25-18-12-14-19(15-13-18)30-21(6-2)24(27)28-7-3/h8-15,17,21H,5-7,16H2,1-4H3,(H,25,26). The second-order valence-electron chi connectivity index (χ2n) is 6.98. The molecule has 2 rings (SSSR count). The monoisotopic (exact) mass is 413 g/mol. The molecule has 0 saturated carbocycles. The molecule has 6 nitrogen and oxygen atoms in total. The molecular weight excluding hydrogens is 382 g/mol. The summed E-state index contributed by atoms with van der Waals surface area (Å²) in [5, 5.41) is 2.80. The van der Waals surface area contributed by atoms with Gasteiger partial charge in [0.15, 0.2) is 12.7 Å². The molecule has 0 aliphatic rings. The third kappa shape index (κ3) is 6.79. The number of ether oxygens (including phenoxy) is 3. The third-order valence-electron chi connectivity index (χ3n) is 4.76. The Bertz CT molecular complexity index is 819. The highest BCUT2D eigenvalue weighted by Gasteiger charge is 2.19. The first kappa shape index (κ1) is 23.3. The lowest BCUT2D eigenvalue weighted by Gasteiger charge is -2.16. The van der Waals surface area contributed by atoms with Crippen LogP contribution in [0.3, 0.4) is 0 Å². The zero-order chi connectivity index (χ0) is 21.9. The molecule has 162 valence electrons. The molecule has 1 amide bonds. The minimum atomic E-state index is -0.649. The molecule has 6 heteroatoms. The number of carbonyl (C=O) groups is 2. The van der Waals surface area contributed by atoms with Crippen molar-refractivity contribution in [1.82, 2.24) is 0 Å². The van der Waals surface area contributed by atoms with Gasteiger partial charge >= 0.3 is 5.97 Å². The fourth-order valence-electron chi connectivity index (χ4n) is 2.89. The maximum absolute atomic E-state index is 12.3. The fraction of sp³-hybridized carbons (Fsp3) is 0.417. The number of anilines is 1. The summed E-state index contributed by atoms with van der Waals surface area (Å²) in [5.41, 5.74) is 1.72. The van der Waals surface area contributed by atoms with Gasteiger partial charge in [-0.15, -0.1) is 0 Å². The van der Waals surface area contributed by atoms with Crippen LogP contribution in [0, 0.1) is 0 Å². The van der Waals surface area contributed by atoms with E-state index in [2.05, 4.69) is 19.2 Å². The van der Waals surface area contributed by atoms with Crippen molar-refractivity contribution < 1.29 is 23.8 Å². The van der Waals surface area contributed by atoms with Crippen molar-refractivity contribution in [3.05, 3.63) is 54.1 Å². The lowest BCUT2D eigenvalue weighted by Crippen LogP contribution is -2.28. The van der Waals surface area contributed by atoms with Gasteiger partial charge < -0.3 is 19.5 Å². The summed E-state index contributed by atoms with van der Waals surface area (Å²) in [6.07, 6.45) is 0.854. The normalized spacial score (nSPS) is 12.5. The molecule has 0 radical (unpaired) electrons. The summed E-state index contributed by atoms with van der Waals surface area (Å²) in [5.74, 6) is 0.994. The van der Waals surface area contributed by atoms with E-state index in [1.165, 1.54) is 0 Å². The molecule has 0 aromatic heterocycles. The number of amides is 1.